The summed E-state index contributed by atoms with van der Waals surface area (Å²) < 4.78 is 0.473. The number of hydrogen-bond acceptors (Lipinski definition) is 4. The van der Waals surface area contributed by atoms with Gasteiger partial charge in [0.25, 0.3) is 5.91 Å². The van der Waals surface area contributed by atoms with E-state index in [-0.39, 0.29) is 5.91 Å². The van der Waals surface area contributed by atoms with E-state index in [2.05, 4.69) is 24.0 Å². The molecule has 1 saturated heterocycles. The molecule has 0 N–H and O–H groups in total. The minimum atomic E-state index is -0.158. The van der Waals surface area contributed by atoms with Gasteiger partial charge in [0.1, 0.15) is 5.82 Å². The van der Waals surface area contributed by atoms with Gasteiger partial charge < -0.3 is 0 Å². The smallest absolute Gasteiger partial charge is 0.268 e. The second-order valence-corrected chi connectivity index (χ2v) is 7.06. The Labute approximate surface area is 149 Å². The second kappa shape index (κ2) is 6.83. The second-order valence-electron chi connectivity index (χ2n) is 4.95. The lowest BCUT2D eigenvalue weighted by atomic mass is 10.1. The maximum absolute atomic E-state index is 12.6. The van der Waals surface area contributed by atoms with E-state index < -0.39 is 0 Å². The molecule has 2 heterocycles. The van der Waals surface area contributed by atoms with Crippen LogP contribution < -0.4 is 4.90 Å². The molecule has 1 aliphatic rings. The predicted octanol–water partition coefficient (Wildman–Crippen LogP) is 4.70. The molecule has 2 aromatic rings. The molecule has 0 radical (unpaired) electrons. The van der Waals surface area contributed by atoms with Crippen LogP contribution in [0.25, 0.3) is 6.08 Å². The highest BCUT2D eigenvalue weighted by atomic mass is 35.5. The highest BCUT2D eigenvalue weighted by Crippen LogP contribution is 2.35. The highest BCUT2D eigenvalue weighted by Gasteiger charge is 2.34. The molecule has 0 saturated carbocycles. The highest BCUT2D eigenvalue weighted by molar-refractivity contribution is 8.27. The molecule has 116 valence electrons. The van der Waals surface area contributed by atoms with Crippen molar-refractivity contribution in [2.24, 2.45) is 0 Å². The van der Waals surface area contributed by atoms with Crippen molar-refractivity contribution in [1.82, 2.24) is 4.98 Å². The fourth-order valence-corrected chi connectivity index (χ4v) is 3.55. The zero-order valence-corrected chi connectivity index (χ0v) is 14.7. The summed E-state index contributed by atoms with van der Waals surface area (Å²) in [6, 6.07) is 11.5. The monoisotopic (exact) mass is 360 g/mol. The van der Waals surface area contributed by atoms with E-state index in [9.17, 15) is 4.79 Å². The van der Waals surface area contributed by atoms with Crippen molar-refractivity contribution in [1.29, 1.82) is 0 Å². The third-order valence-corrected chi connectivity index (χ3v) is 4.95. The van der Waals surface area contributed by atoms with Crippen molar-refractivity contribution < 1.29 is 4.79 Å². The summed E-state index contributed by atoms with van der Waals surface area (Å²) >= 11 is 12.4. The topological polar surface area (TPSA) is 33.2 Å². The Morgan fingerprint density at radius 1 is 1.26 bits per heavy atom. The molecule has 1 amide bonds. The molecule has 0 aliphatic carbocycles. The van der Waals surface area contributed by atoms with Crippen molar-refractivity contribution in [2.75, 3.05) is 4.90 Å². The van der Waals surface area contributed by atoms with Gasteiger partial charge in [-0.2, -0.15) is 0 Å². The molecule has 23 heavy (non-hydrogen) atoms. The van der Waals surface area contributed by atoms with Crippen molar-refractivity contribution in [3.63, 3.8) is 0 Å². The lowest BCUT2D eigenvalue weighted by Gasteiger charge is -2.12. The van der Waals surface area contributed by atoms with E-state index in [1.165, 1.54) is 28.4 Å². The van der Waals surface area contributed by atoms with Crippen LogP contribution in [0.2, 0.25) is 5.02 Å². The van der Waals surface area contributed by atoms with Crippen molar-refractivity contribution in [3.8, 4) is 0 Å². The number of carbonyl (C=O) groups is 1. The van der Waals surface area contributed by atoms with Crippen LogP contribution in [0.4, 0.5) is 5.82 Å². The minimum absolute atomic E-state index is 0.158. The Bertz CT molecular complexity index is 785. The first-order valence-electron chi connectivity index (χ1n) is 7.07. The summed E-state index contributed by atoms with van der Waals surface area (Å²) in [5, 5.41) is 0.519. The molecule has 1 aliphatic heterocycles. The Balaban J connectivity index is 1.88. The quantitative estimate of drug-likeness (QED) is 0.586. The van der Waals surface area contributed by atoms with Gasteiger partial charge in [-0.25, -0.2) is 9.88 Å². The standard InChI is InChI=1S/C17H13ClN2OS2/c1-2-11-3-5-12(6-4-11)9-14-16(21)20(17(22)23-14)15-8-7-13(18)10-19-15/h3-10H,2H2,1H3/b14-9-. The number of rotatable bonds is 3. The van der Waals surface area contributed by atoms with E-state index in [4.69, 9.17) is 23.8 Å². The van der Waals surface area contributed by atoms with Gasteiger partial charge in [-0.05, 0) is 35.8 Å². The number of carbonyl (C=O) groups excluding carboxylic acids is 1. The number of nitrogens with zero attached hydrogens (tertiary/aromatic N) is 2. The van der Waals surface area contributed by atoms with E-state index in [0.29, 0.717) is 20.1 Å². The van der Waals surface area contributed by atoms with Crippen LogP contribution in [-0.4, -0.2) is 15.2 Å². The Morgan fingerprint density at radius 3 is 2.61 bits per heavy atom. The zero-order chi connectivity index (χ0) is 16.4. The molecular weight excluding hydrogens is 348 g/mol. The average molecular weight is 361 g/mol. The molecule has 3 rings (SSSR count). The first kappa shape index (κ1) is 16.2. The Morgan fingerprint density at radius 2 is 2.00 bits per heavy atom. The fourth-order valence-electron chi connectivity index (χ4n) is 2.17. The number of anilines is 1. The van der Waals surface area contributed by atoms with E-state index in [1.54, 1.807) is 12.1 Å². The molecule has 1 aromatic heterocycles. The van der Waals surface area contributed by atoms with Crippen LogP contribution in [0, 0.1) is 0 Å². The summed E-state index contributed by atoms with van der Waals surface area (Å²) in [5.74, 6) is 0.330. The van der Waals surface area contributed by atoms with Gasteiger partial charge >= 0.3 is 0 Å². The summed E-state index contributed by atoms with van der Waals surface area (Å²) in [6.07, 6.45) is 4.35. The van der Waals surface area contributed by atoms with Crippen molar-refractivity contribution in [2.45, 2.75) is 13.3 Å². The molecule has 0 spiro atoms. The first-order chi connectivity index (χ1) is 11.1. The number of thiocarbonyl (C=S) groups is 1. The lowest BCUT2D eigenvalue weighted by Crippen LogP contribution is -2.28. The van der Waals surface area contributed by atoms with Crippen LogP contribution in [0.15, 0.2) is 47.5 Å². The van der Waals surface area contributed by atoms with Crippen LogP contribution in [-0.2, 0) is 11.2 Å². The van der Waals surface area contributed by atoms with Gasteiger partial charge in [0.2, 0.25) is 0 Å². The summed E-state index contributed by atoms with van der Waals surface area (Å²) in [6.45, 7) is 2.11. The van der Waals surface area contributed by atoms with Crippen LogP contribution in [0.5, 0.6) is 0 Å². The lowest BCUT2D eigenvalue weighted by molar-refractivity contribution is -0.113. The number of pyridine rings is 1. The molecule has 6 heteroatoms. The fraction of sp³-hybridized carbons (Fsp3) is 0.118. The maximum Gasteiger partial charge on any atom is 0.271 e. The van der Waals surface area contributed by atoms with Gasteiger partial charge in [-0.3, -0.25) is 4.79 Å². The van der Waals surface area contributed by atoms with Gasteiger partial charge in [-0.15, -0.1) is 0 Å². The zero-order valence-electron chi connectivity index (χ0n) is 12.3. The molecule has 0 bridgehead atoms. The van der Waals surface area contributed by atoms with Gasteiger partial charge in [0.15, 0.2) is 4.32 Å². The van der Waals surface area contributed by atoms with Crippen LogP contribution in [0.3, 0.4) is 0 Å². The number of thioether (sulfide) groups is 1. The Hall–Kier alpha value is -1.69. The third-order valence-electron chi connectivity index (χ3n) is 3.42. The summed E-state index contributed by atoms with van der Waals surface area (Å²) in [4.78, 5) is 18.8. The number of amides is 1. The number of halogens is 1. The average Bonchev–Trinajstić information content (AvgIpc) is 2.83. The summed E-state index contributed by atoms with van der Waals surface area (Å²) in [7, 11) is 0. The molecule has 1 fully saturated rings. The molecule has 0 atom stereocenters. The van der Waals surface area contributed by atoms with Crippen molar-refractivity contribution >= 4 is 57.7 Å². The normalized spacial score (nSPS) is 16.4. The minimum Gasteiger partial charge on any atom is -0.268 e. The van der Waals surface area contributed by atoms with Gasteiger partial charge in [-0.1, -0.05) is 66.8 Å². The molecular formula is C17H13ClN2OS2. The maximum atomic E-state index is 12.6. The van der Waals surface area contributed by atoms with Crippen molar-refractivity contribution in [3.05, 3.63) is 63.6 Å². The summed E-state index contributed by atoms with van der Waals surface area (Å²) in [5.41, 5.74) is 2.24. The molecule has 0 unspecified atom stereocenters. The number of hydrogen-bond donors (Lipinski definition) is 0. The largest absolute Gasteiger partial charge is 0.271 e. The van der Waals surface area contributed by atoms with E-state index >= 15 is 0 Å². The third kappa shape index (κ3) is 3.47. The first-order valence-corrected chi connectivity index (χ1v) is 8.67. The number of aromatic nitrogens is 1. The van der Waals surface area contributed by atoms with E-state index in [1.807, 2.05) is 18.2 Å². The molecule has 3 nitrogen and oxygen atoms in total. The molecule has 1 aromatic carbocycles. The number of benzene rings is 1. The predicted molar refractivity (Wildman–Crippen MR) is 101 cm³/mol. The Kier molecular flexibility index (Phi) is 4.80. The SMILES string of the molecule is CCc1ccc(/C=C2\SC(=S)N(c3ccc(Cl)cn3)C2=O)cc1. The number of aryl methyl sites for hydroxylation is 1. The van der Waals surface area contributed by atoms with Crippen LogP contribution in [0.1, 0.15) is 18.1 Å². The van der Waals surface area contributed by atoms with E-state index in [0.717, 1.165) is 12.0 Å². The van der Waals surface area contributed by atoms with Gasteiger partial charge in [0, 0.05) is 6.20 Å². The van der Waals surface area contributed by atoms with Crippen LogP contribution >= 0.6 is 35.6 Å². The van der Waals surface area contributed by atoms with Gasteiger partial charge in [0.05, 0.1) is 9.93 Å².